The van der Waals surface area contributed by atoms with Crippen LogP contribution in [0, 0.1) is 17.2 Å². The molecule has 0 atom stereocenters. The average molecular weight is 265 g/mol. The summed E-state index contributed by atoms with van der Waals surface area (Å²) < 4.78 is 1.02. The first-order valence-electron chi connectivity index (χ1n) is 5.19. The quantitative estimate of drug-likeness (QED) is 0.821. The molecule has 0 saturated carbocycles. The van der Waals surface area contributed by atoms with Gasteiger partial charge in [0.25, 0.3) is 0 Å². The molecule has 0 spiro atoms. The van der Waals surface area contributed by atoms with Gasteiger partial charge in [-0.15, -0.1) is 0 Å². The SMILES string of the molecule is CCC1CN(c2ccc(C#N)cc2Br)C1. The fraction of sp³-hybridized carbons (Fsp3) is 0.417. The summed E-state index contributed by atoms with van der Waals surface area (Å²) in [6.45, 7) is 4.51. The molecule has 15 heavy (non-hydrogen) atoms. The van der Waals surface area contributed by atoms with E-state index in [0.717, 1.165) is 23.5 Å². The minimum atomic E-state index is 0.707. The predicted molar refractivity (Wildman–Crippen MR) is 64.9 cm³/mol. The molecule has 1 fully saturated rings. The lowest BCUT2D eigenvalue weighted by atomic mass is 9.96. The molecule has 0 unspecified atom stereocenters. The van der Waals surface area contributed by atoms with Crippen LogP contribution in [0.3, 0.4) is 0 Å². The molecule has 0 radical (unpaired) electrons. The van der Waals surface area contributed by atoms with Crippen molar-refractivity contribution in [2.75, 3.05) is 18.0 Å². The Morgan fingerprint density at radius 3 is 2.80 bits per heavy atom. The zero-order valence-corrected chi connectivity index (χ0v) is 10.3. The molecule has 1 heterocycles. The van der Waals surface area contributed by atoms with Gasteiger partial charge in [0.05, 0.1) is 17.3 Å². The minimum Gasteiger partial charge on any atom is -0.370 e. The van der Waals surface area contributed by atoms with E-state index in [2.05, 4.69) is 33.8 Å². The fourth-order valence-electron chi connectivity index (χ4n) is 1.86. The molecule has 0 aliphatic carbocycles. The van der Waals surface area contributed by atoms with Gasteiger partial charge in [-0.3, -0.25) is 0 Å². The maximum absolute atomic E-state index is 8.76. The van der Waals surface area contributed by atoms with Gasteiger partial charge in [-0.25, -0.2) is 0 Å². The molecule has 3 heteroatoms. The van der Waals surface area contributed by atoms with Crippen molar-refractivity contribution in [2.24, 2.45) is 5.92 Å². The largest absolute Gasteiger partial charge is 0.370 e. The van der Waals surface area contributed by atoms with Crippen molar-refractivity contribution in [3.05, 3.63) is 28.2 Å². The maximum Gasteiger partial charge on any atom is 0.0992 e. The molecule has 0 bridgehead atoms. The van der Waals surface area contributed by atoms with Crippen LogP contribution >= 0.6 is 15.9 Å². The third kappa shape index (κ3) is 2.00. The highest BCUT2D eigenvalue weighted by Crippen LogP contribution is 2.33. The van der Waals surface area contributed by atoms with Crippen LogP contribution in [0.15, 0.2) is 22.7 Å². The first kappa shape index (κ1) is 10.5. The predicted octanol–water partition coefficient (Wildman–Crippen LogP) is 3.17. The second-order valence-corrected chi connectivity index (χ2v) is 4.81. The van der Waals surface area contributed by atoms with Crippen LogP contribution in [0.5, 0.6) is 0 Å². The van der Waals surface area contributed by atoms with Crippen molar-refractivity contribution in [2.45, 2.75) is 13.3 Å². The van der Waals surface area contributed by atoms with Crippen molar-refractivity contribution in [3.63, 3.8) is 0 Å². The van der Waals surface area contributed by atoms with Crippen LogP contribution < -0.4 is 4.90 Å². The number of anilines is 1. The molecule has 0 N–H and O–H groups in total. The van der Waals surface area contributed by atoms with E-state index in [9.17, 15) is 0 Å². The van der Waals surface area contributed by atoms with Gasteiger partial charge in [0.2, 0.25) is 0 Å². The number of rotatable bonds is 2. The number of halogens is 1. The van der Waals surface area contributed by atoms with E-state index in [0.29, 0.717) is 5.56 Å². The molecule has 1 aromatic carbocycles. The Labute approximate surface area is 98.6 Å². The second-order valence-electron chi connectivity index (χ2n) is 3.96. The van der Waals surface area contributed by atoms with Crippen LogP contribution in [0.2, 0.25) is 0 Å². The Kier molecular flexibility index (Phi) is 2.97. The molecule has 0 aromatic heterocycles. The summed E-state index contributed by atoms with van der Waals surface area (Å²) in [6.07, 6.45) is 1.25. The lowest BCUT2D eigenvalue weighted by Crippen LogP contribution is -2.46. The van der Waals surface area contributed by atoms with E-state index in [4.69, 9.17) is 5.26 Å². The van der Waals surface area contributed by atoms with Crippen molar-refractivity contribution in [3.8, 4) is 6.07 Å². The molecule has 2 nitrogen and oxygen atoms in total. The Hall–Kier alpha value is -1.01. The van der Waals surface area contributed by atoms with E-state index in [1.807, 2.05) is 18.2 Å². The number of hydrogen-bond donors (Lipinski definition) is 0. The number of nitrogens with zero attached hydrogens (tertiary/aromatic N) is 2. The maximum atomic E-state index is 8.76. The average Bonchev–Trinajstić information content (AvgIpc) is 2.18. The van der Waals surface area contributed by atoms with Gasteiger partial charge in [0, 0.05) is 17.6 Å². The minimum absolute atomic E-state index is 0.707. The zero-order valence-electron chi connectivity index (χ0n) is 8.70. The molecule has 1 aromatic rings. The van der Waals surface area contributed by atoms with Gasteiger partial charge < -0.3 is 4.90 Å². The summed E-state index contributed by atoms with van der Waals surface area (Å²) in [5.41, 5.74) is 1.91. The second kappa shape index (κ2) is 4.24. The first-order chi connectivity index (χ1) is 7.24. The first-order valence-corrected chi connectivity index (χ1v) is 5.98. The van der Waals surface area contributed by atoms with Crippen LogP contribution in [-0.4, -0.2) is 13.1 Å². The number of benzene rings is 1. The van der Waals surface area contributed by atoms with Gasteiger partial charge in [-0.1, -0.05) is 6.92 Å². The highest BCUT2D eigenvalue weighted by atomic mass is 79.9. The molecule has 1 aliphatic rings. The van der Waals surface area contributed by atoms with Crippen molar-refractivity contribution in [1.29, 1.82) is 5.26 Å². The van der Waals surface area contributed by atoms with Crippen LogP contribution in [-0.2, 0) is 0 Å². The van der Waals surface area contributed by atoms with E-state index in [-0.39, 0.29) is 0 Å². The lowest BCUT2D eigenvalue weighted by Gasteiger charge is -2.41. The third-order valence-corrected chi connectivity index (χ3v) is 3.59. The van der Waals surface area contributed by atoms with Crippen molar-refractivity contribution in [1.82, 2.24) is 0 Å². The monoisotopic (exact) mass is 264 g/mol. The molecule has 1 aliphatic heterocycles. The molecular weight excluding hydrogens is 252 g/mol. The topological polar surface area (TPSA) is 27.0 Å². The van der Waals surface area contributed by atoms with E-state index in [1.165, 1.54) is 12.1 Å². The summed E-state index contributed by atoms with van der Waals surface area (Å²) >= 11 is 3.51. The van der Waals surface area contributed by atoms with Crippen molar-refractivity contribution < 1.29 is 0 Å². The fourth-order valence-corrected chi connectivity index (χ4v) is 2.49. The zero-order chi connectivity index (χ0) is 10.8. The molecule has 0 amide bonds. The summed E-state index contributed by atoms with van der Waals surface area (Å²) in [5.74, 6) is 0.840. The number of hydrogen-bond acceptors (Lipinski definition) is 2. The molecule has 78 valence electrons. The van der Waals surface area contributed by atoms with E-state index >= 15 is 0 Å². The van der Waals surface area contributed by atoms with Gasteiger partial charge in [-0.05, 0) is 46.5 Å². The van der Waals surface area contributed by atoms with E-state index in [1.54, 1.807) is 0 Å². The summed E-state index contributed by atoms with van der Waals surface area (Å²) in [6, 6.07) is 7.92. The van der Waals surface area contributed by atoms with Crippen molar-refractivity contribution >= 4 is 21.6 Å². The smallest absolute Gasteiger partial charge is 0.0992 e. The Morgan fingerprint density at radius 2 is 2.27 bits per heavy atom. The van der Waals surface area contributed by atoms with Crippen LogP contribution in [0.4, 0.5) is 5.69 Å². The van der Waals surface area contributed by atoms with Gasteiger partial charge in [0.1, 0.15) is 0 Å². The van der Waals surface area contributed by atoms with Crippen LogP contribution in [0.1, 0.15) is 18.9 Å². The normalized spacial score (nSPS) is 15.9. The van der Waals surface area contributed by atoms with E-state index < -0.39 is 0 Å². The Bertz CT molecular complexity index is 403. The highest BCUT2D eigenvalue weighted by Gasteiger charge is 2.26. The van der Waals surface area contributed by atoms with Gasteiger partial charge in [0.15, 0.2) is 0 Å². The standard InChI is InChI=1S/C12H13BrN2/c1-2-9-7-15(8-9)12-4-3-10(6-14)5-11(12)13/h3-5,9H,2,7-8H2,1H3. The molecular formula is C12H13BrN2. The molecule has 2 rings (SSSR count). The van der Waals surface area contributed by atoms with Gasteiger partial charge >= 0.3 is 0 Å². The Balaban J connectivity index is 2.14. The number of nitriles is 1. The Morgan fingerprint density at radius 1 is 1.53 bits per heavy atom. The summed E-state index contributed by atoms with van der Waals surface area (Å²) in [7, 11) is 0. The van der Waals surface area contributed by atoms with Crippen LogP contribution in [0.25, 0.3) is 0 Å². The summed E-state index contributed by atoms with van der Waals surface area (Å²) in [5, 5.41) is 8.76. The third-order valence-electron chi connectivity index (χ3n) is 2.95. The highest BCUT2D eigenvalue weighted by molar-refractivity contribution is 9.10. The lowest BCUT2D eigenvalue weighted by molar-refractivity contribution is 0.398. The van der Waals surface area contributed by atoms with Gasteiger partial charge in [-0.2, -0.15) is 5.26 Å². The molecule has 1 saturated heterocycles. The summed E-state index contributed by atoms with van der Waals surface area (Å²) in [4.78, 5) is 2.35.